The van der Waals surface area contributed by atoms with Gasteiger partial charge in [-0.25, -0.2) is 4.39 Å². The van der Waals surface area contributed by atoms with Gasteiger partial charge in [0.15, 0.2) is 0 Å². The van der Waals surface area contributed by atoms with Crippen LogP contribution in [0.15, 0.2) is 55.0 Å². The van der Waals surface area contributed by atoms with Crippen LogP contribution in [-0.4, -0.2) is 9.97 Å². The van der Waals surface area contributed by atoms with E-state index < -0.39 is 6.04 Å². The molecule has 2 N–H and O–H groups in total. The second-order valence-electron chi connectivity index (χ2n) is 4.29. The van der Waals surface area contributed by atoms with Crippen LogP contribution in [0.1, 0.15) is 17.3 Å². The number of halogens is 1. The normalized spacial score (nSPS) is 12.5. The lowest BCUT2D eigenvalue weighted by atomic mass is 9.97. The van der Waals surface area contributed by atoms with Gasteiger partial charge in [0, 0.05) is 17.8 Å². The van der Waals surface area contributed by atoms with Gasteiger partial charge in [-0.2, -0.15) is 0 Å². The second-order valence-corrected chi connectivity index (χ2v) is 4.29. The van der Waals surface area contributed by atoms with Gasteiger partial charge in [0.1, 0.15) is 5.82 Å². The van der Waals surface area contributed by atoms with Crippen LogP contribution < -0.4 is 5.73 Å². The lowest BCUT2D eigenvalue weighted by molar-refractivity contribution is 0.639. The molecule has 0 spiro atoms. The zero-order chi connectivity index (χ0) is 13.2. The maximum absolute atomic E-state index is 13.8. The first-order valence-electron chi connectivity index (χ1n) is 5.96. The van der Waals surface area contributed by atoms with Crippen molar-refractivity contribution in [3.8, 4) is 0 Å². The summed E-state index contributed by atoms with van der Waals surface area (Å²) >= 11 is 0. The summed E-state index contributed by atoms with van der Waals surface area (Å²) in [5.41, 5.74) is 7.72. The molecule has 0 aliphatic heterocycles. The number of rotatable bonds is 2. The third kappa shape index (κ3) is 2.06. The molecule has 0 aliphatic rings. The van der Waals surface area contributed by atoms with Gasteiger partial charge in [-0.3, -0.25) is 9.97 Å². The summed E-state index contributed by atoms with van der Waals surface area (Å²) < 4.78 is 13.8. The van der Waals surface area contributed by atoms with Crippen molar-refractivity contribution in [1.82, 2.24) is 9.97 Å². The summed E-state index contributed by atoms with van der Waals surface area (Å²) in [5.74, 6) is -0.245. The molecule has 3 nitrogen and oxygen atoms in total. The molecule has 0 saturated carbocycles. The molecule has 3 rings (SSSR count). The third-order valence-corrected chi connectivity index (χ3v) is 3.14. The zero-order valence-corrected chi connectivity index (χ0v) is 10.1. The number of nitrogens with two attached hydrogens (primary N) is 1. The van der Waals surface area contributed by atoms with Gasteiger partial charge in [0.2, 0.25) is 0 Å². The van der Waals surface area contributed by atoms with Crippen LogP contribution in [0.5, 0.6) is 0 Å². The van der Waals surface area contributed by atoms with Gasteiger partial charge in [-0.05, 0) is 17.0 Å². The van der Waals surface area contributed by atoms with Gasteiger partial charge in [0.05, 0.1) is 17.9 Å². The summed E-state index contributed by atoms with van der Waals surface area (Å²) in [7, 11) is 0. The number of aromatic nitrogens is 2. The maximum Gasteiger partial charge on any atom is 0.131 e. The summed E-state index contributed by atoms with van der Waals surface area (Å²) in [5, 5.41) is 1.37. The smallest absolute Gasteiger partial charge is 0.131 e. The van der Waals surface area contributed by atoms with Crippen molar-refractivity contribution in [2.75, 3.05) is 0 Å². The van der Waals surface area contributed by atoms with E-state index in [4.69, 9.17) is 5.73 Å². The molecule has 3 aromatic rings. The molecular formula is C15H12FN3. The fourth-order valence-corrected chi connectivity index (χ4v) is 2.19. The van der Waals surface area contributed by atoms with Crippen LogP contribution in [0.25, 0.3) is 10.8 Å². The Morgan fingerprint density at radius 2 is 1.79 bits per heavy atom. The number of benzene rings is 2. The zero-order valence-electron chi connectivity index (χ0n) is 10.1. The quantitative estimate of drug-likeness (QED) is 0.764. The van der Waals surface area contributed by atoms with Crippen LogP contribution in [0.4, 0.5) is 4.39 Å². The van der Waals surface area contributed by atoms with Gasteiger partial charge in [-0.1, -0.05) is 30.3 Å². The molecule has 1 heterocycles. The molecular weight excluding hydrogens is 241 g/mol. The Labute approximate surface area is 109 Å². The van der Waals surface area contributed by atoms with Crippen LogP contribution in [0, 0.1) is 5.82 Å². The molecule has 0 saturated heterocycles. The Morgan fingerprint density at radius 1 is 1.00 bits per heavy atom. The first kappa shape index (κ1) is 11.7. The molecule has 0 bridgehead atoms. The Hall–Kier alpha value is -2.33. The van der Waals surface area contributed by atoms with Crippen molar-refractivity contribution in [3.05, 3.63) is 72.1 Å². The molecule has 0 aliphatic carbocycles. The third-order valence-electron chi connectivity index (χ3n) is 3.14. The van der Waals surface area contributed by atoms with Crippen molar-refractivity contribution in [3.63, 3.8) is 0 Å². The van der Waals surface area contributed by atoms with Crippen molar-refractivity contribution in [1.29, 1.82) is 0 Å². The number of fused-ring (bicyclic) bond motifs is 1. The van der Waals surface area contributed by atoms with Crippen molar-refractivity contribution in [2.45, 2.75) is 6.04 Å². The number of nitrogens with zero attached hydrogens (tertiary/aromatic N) is 2. The first-order chi connectivity index (χ1) is 9.27. The topological polar surface area (TPSA) is 51.8 Å². The summed E-state index contributed by atoms with van der Waals surface area (Å²) in [6.45, 7) is 0. The average molecular weight is 253 g/mol. The van der Waals surface area contributed by atoms with Crippen LogP contribution in [-0.2, 0) is 0 Å². The van der Waals surface area contributed by atoms with E-state index in [0.29, 0.717) is 11.1 Å². The summed E-state index contributed by atoms with van der Waals surface area (Å²) in [6, 6.07) is 10.0. The van der Waals surface area contributed by atoms with Crippen LogP contribution in [0.3, 0.4) is 0 Å². The highest BCUT2D eigenvalue weighted by atomic mass is 19.1. The monoisotopic (exact) mass is 253 g/mol. The highest BCUT2D eigenvalue weighted by Gasteiger charge is 2.14. The van der Waals surface area contributed by atoms with E-state index in [9.17, 15) is 4.39 Å². The van der Waals surface area contributed by atoms with Crippen LogP contribution >= 0.6 is 0 Å². The molecule has 2 aromatic carbocycles. The van der Waals surface area contributed by atoms with E-state index >= 15 is 0 Å². The predicted molar refractivity (Wildman–Crippen MR) is 72.0 cm³/mol. The van der Waals surface area contributed by atoms with Gasteiger partial charge in [-0.15, -0.1) is 0 Å². The molecule has 0 fully saturated rings. The minimum Gasteiger partial charge on any atom is -0.319 e. The van der Waals surface area contributed by atoms with E-state index in [1.807, 2.05) is 18.2 Å². The Bertz CT molecular complexity index is 713. The lowest BCUT2D eigenvalue weighted by Crippen LogP contribution is -2.14. The maximum atomic E-state index is 13.8. The SMILES string of the molecule is NC(c1cnccn1)c1ccc(F)c2ccccc12. The minimum absolute atomic E-state index is 0.245. The molecule has 0 amide bonds. The van der Waals surface area contributed by atoms with E-state index in [2.05, 4.69) is 9.97 Å². The minimum atomic E-state index is -0.417. The molecule has 0 radical (unpaired) electrons. The molecule has 19 heavy (non-hydrogen) atoms. The van der Waals surface area contributed by atoms with Gasteiger partial charge < -0.3 is 5.73 Å². The Balaban J connectivity index is 2.18. The van der Waals surface area contributed by atoms with Crippen molar-refractivity contribution in [2.24, 2.45) is 5.73 Å². The molecule has 1 aromatic heterocycles. The second kappa shape index (κ2) is 4.74. The molecule has 1 atom stereocenters. The molecule has 94 valence electrons. The number of hydrogen-bond donors (Lipinski definition) is 1. The van der Waals surface area contributed by atoms with Crippen molar-refractivity contribution >= 4 is 10.8 Å². The summed E-state index contributed by atoms with van der Waals surface area (Å²) in [6.07, 6.45) is 4.82. The first-order valence-corrected chi connectivity index (χ1v) is 5.96. The van der Waals surface area contributed by atoms with E-state index in [1.165, 1.54) is 6.07 Å². The standard InChI is InChI=1S/C15H12FN3/c16-13-6-5-12(10-3-1-2-4-11(10)13)15(17)14-9-18-7-8-19-14/h1-9,15H,17H2. The van der Waals surface area contributed by atoms with E-state index in [-0.39, 0.29) is 5.82 Å². The summed E-state index contributed by atoms with van der Waals surface area (Å²) in [4.78, 5) is 8.22. The largest absolute Gasteiger partial charge is 0.319 e. The van der Waals surface area contributed by atoms with Crippen molar-refractivity contribution < 1.29 is 4.39 Å². The predicted octanol–water partition coefficient (Wildman–Crippen LogP) is 2.82. The average Bonchev–Trinajstić information content (AvgIpc) is 2.48. The lowest BCUT2D eigenvalue weighted by Gasteiger charge is -2.14. The van der Waals surface area contributed by atoms with Gasteiger partial charge in [0.25, 0.3) is 0 Å². The van der Waals surface area contributed by atoms with E-state index in [0.717, 1.165) is 10.9 Å². The fraction of sp³-hybridized carbons (Fsp3) is 0.0667. The molecule has 1 unspecified atom stereocenters. The molecule has 4 heteroatoms. The highest BCUT2D eigenvalue weighted by Crippen LogP contribution is 2.27. The van der Waals surface area contributed by atoms with E-state index in [1.54, 1.807) is 30.7 Å². The van der Waals surface area contributed by atoms with Crippen LogP contribution in [0.2, 0.25) is 0 Å². The van der Waals surface area contributed by atoms with Gasteiger partial charge >= 0.3 is 0 Å². The Kier molecular flexibility index (Phi) is 2.93. The fourth-order valence-electron chi connectivity index (χ4n) is 2.19. The Morgan fingerprint density at radius 3 is 2.53 bits per heavy atom. The number of hydrogen-bond acceptors (Lipinski definition) is 3. The highest BCUT2D eigenvalue weighted by molar-refractivity contribution is 5.87.